The van der Waals surface area contributed by atoms with E-state index in [0.29, 0.717) is 0 Å². The second-order valence-electron chi connectivity index (χ2n) is 2.71. The number of carbonyl (C=O) groups is 1. The van der Waals surface area contributed by atoms with Crippen molar-refractivity contribution in [3.63, 3.8) is 0 Å². The molecule has 1 aromatic rings. The second kappa shape index (κ2) is 5.25. The van der Waals surface area contributed by atoms with Gasteiger partial charge in [-0.05, 0) is 18.5 Å². The standard InChI is InChI=1S/C8H9Cl2N3O2/c1-4(15-2)7(14)12-6-3-5(9)11-8(10)13-6/h3-4H,1-2H3,(H,11,12,13,14). The average molecular weight is 250 g/mol. The fourth-order valence-corrected chi connectivity index (χ4v) is 1.20. The van der Waals surface area contributed by atoms with E-state index in [4.69, 9.17) is 27.9 Å². The Bertz CT molecular complexity index is 353. The van der Waals surface area contributed by atoms with Crippen LogP contribution in [0.3, 0.4) is 0 Å². The molecule has 0 aliphatic rings. The van der Waals surface area contributed by atoms with Crippen LogP contribution in [0.15, 0.2) is 6.07 Å². The molecule has 5 nitrogen and oxygen atoms in total. The Hall–Kier alpha value is -0.910. The number of methoxy groups -OCH3 is 1. The average Bonchev–Trinajstić information content (AvgIpc) is 2.14. The summed E-state index contributed by atoms with van der Waals surface area (Å²) in [6.45, 7) is 1.61. The minimum Gasteiger partial charge on any atom is -0.372 e. The van der Waals surface area contributed by atoms with Crippen molar-refractivity contribution >= 4 is 34.9 Å². The molecule has 0 fully saturated rings. The lowest BCUT2D eigenvalue weighted by Crippen LogP contribution is -2.27. The van der Waals surface area contributed by atoms with E-state index >= 15 is 0 Å². The fourth-order valence-electron chi connectivity index (χ4n) is 0.789. The number of hydrogen-bond acceptors (Lipinski definition) is 4. The van der Waals surface area contributed by atoms with Gasteiger partial charge in [-0.3, -0.25) is 4.79 Å². The Morgan fingerprint density at radius 3 is 2.73 bits per heavy atom. The number of ether oxygens (including phenoxy) is 1. The quantitative estimate of drug-likeness (QED) is 0.655. The lowest BCUT2D eigenvalue weighted by molar-refractivity contribution is -0.124. The van der Waals surface area contributed by atoms with Crippen molar-refractivity contribution in [1.82, 2.24) is 9.97 Å². The molecule has 0 bridgehead atoms. The highest BCUT2D eigenvalue weighted by Crippen LogP contribution is 2.14. The van der Waals surface area contributed by atoms with Gasteiger partial charge >= 0.3 is 0 Å². The molecule has 0 saturated heterocycles. The highest BCUT2D eigenvalue weighted by Gasteiger charge is 2.12. The van der Waals surface area contributed by atoms with Crippen LogP contribution in [0.5, 0.6) is 0 Å². The largest absolute Gasteiger partial charge is 0.372 e. The van der Waals surface area contributed by atoms with Crippen molar-refractivity contribution < 1.29 is 9.53 Å². The van der Waals surface area contributed by atoms with Gasteiger partial charge in [0.15, 0.2) is 0 Å². The maximum absolute atomic E-state index is 11.4. The summed E-state index contributed by atoms with van der Waals surface area (Å²) >= 11 is 11.2. The lowest BCUT2D eigenvalue weighted by atomic mass is 10.4. The maximum atomic E-state index is 11.4. The molecule has 7 heteroatoms. The van der Waals surface area contributed by atoms with Gasteiger partial charge in [0.25, 0.3) is 5.91 Å². The van der Waals surface area contributed by atoms with Crippen LogP contribution in [0.2, 0.25) is 10.4 Å². The van der Waals surface area contributed by atoms with E-state index in [9.17, 15) is 4.79 Å². The summed E-state index contributed by atoms with van der Waals surface area (Å²) in [4.78, 5) is 18.8. The van der Waals surface area contributed by atoms with Crippen LogP contribution < -0.4 is 5.32 Å². The normalized spacial score (nSPS) is 12.3. The van der Waals surface area contributed by atoms with Crippen LogP contribution in [0, 0.1) is 0 Å². The van der Waals surface area contributed by atoms with Crippen molar-refractivity contribution in [2.24, 2.45) is 0 Å². The minimum absolute atomic E-state index is 0.0251. The number of rotatable bonds is 3. The molecule has 0 aliphatic carbocycles. The number of carbonyl (C=O) groups excluding carboxylic acids is 1. The zero-order chi connectivity index (χ0) is 11.4. The van der Waals surface area contributed by atoms with E-state index in [-0.39, 0.29) is 22.2 Å². The van der Waals surface area contributed by atoms with Crippen molar-refractivity contribution in [3.05, 3.63) is 16.5 Å². The van der Waals surface area contributed by atoms with Gasteiger partial charge in [-0.25, -0.2) is 9.97 Å². The van der Waals surface area contributed by atoms with Gasteiger partial charge in [0.2, 0.25) is 5.28 Å². The predicted molar refractivity (Wildman–Crippen MR) is 57.2 cm³/mol. The van der Waals surface area contributed by atoms with E-state index < -0.39 is 6.10 Å². The van der Waals surface area contributed by atoms with Crippen LogP contribution in [0.25, 0.3) is 0 Å². The number of halogens is 2. The molecule has 0 saturated carbocycles. The van der Waals surface area contributed by atoms with Gasteiger partial charge in [0, 0.05) is 13.2 Å². The van der Waals surface area contributed by atoms with Gasteiger partial charge in [-0.1, -0.05) is 11.6 Å². The molecule has 1 rings (SSSR count). The van der Waals surface area contributed by atoms with Crippen molar-refractivity contribution in [2.75, 3.05) is 12.4 Å². The molecule has 1 N–H and O–H groups in total. The van der Waals surface area contributed by atoms with Crippen molar-refractivity contribution in [3.8, 4) is 0 Å². The summed E-state index contributed by atoms with van der Waals surface area (Å²) in [7, 11) is 1.43. The molecule has 1 unspecified atom stereocenters. The molecular weight excluding hydrogens is 241 g/mol. The number of amides is 1. The number of aromatic nitrogens is 2. The van der Waals surface area contributed by atoms with Crippen LogP contribution in [0.4, 0.5) is 5.82 Å². The molecule has 1 amide bonds. The highest BCUT2D eigenvalue weighted by atomic mass is 35.5. The first-order valence-corrected chi connectivity index (χ1v) is 4.82. The van der Waals surface area contributed by atoms with Gasteiger partial charge in [-0.15, -0.1) is 0 Å². The molecule has 1 aromatic heterocycles. The van der Waals surface area contributed by atoms with Crippen molar-refractivity contribution in [2.45, 2.75) is 13.0 Å². The molecular formula is C8H9Cl2N3O2. The third kappa shape index (κ3) is 3.62. The van der Waals surface area contributed by atoms with Gasteiger partial charge < -0.3 is 10.1 Å². The number of anilines is 1. The first kappa shape index (κ1) is 12.2. The Morgan fingerprint density at radius 2 is 2.20 bits per heavy atom. The molecule has 82 valence electrons. The Balaban J connectivity index is 2.76. The van der Waals surface area contributed by atoms with Crippen LogP contribution >= 0.6 is 23.2 Å². The summed E-state index contributed by atoms with van der Waals surface area (Å²) < 4.78 is 4.82. The summed E-state index contributed by atoms with van der Waals surface area (Å²) in [5, 5.41) is 2.63. The summed E-state index contributed by atoms with van der Waals surface area (Å²) in [6.07, 6.45) is -0.572. The van der Waals surface area contributed by atoms with Crippen molar-refractivity contribution in [1.29, 1.82) is 0 Å². The highest BCUT2D eigenvalue weighted by molar-refractivity contribution is 6.32. The molecule has 0 aliphatic heterocycles. The lowest BCUT2D eigenvalue weighted by Gasteiger charge is -2.09. The third-order valence-corrected chi connectivity index (χ3v) is 2.00. The molecule has 0 aromatic carbocycles. The van der Waals surface area contributed by atoms with E-state index in [1.165, 1.54) is 13.2 Å². The van der Waals surface area contributed by atoms with E-state index in [2.05, 4.69) is 15.3 Å². The van der Waals surface area contributed by atoms with E-state index in [0.717, 1.165) is 0 Å². The van der Waals surface area contributed by atoms with E-state index in [1.54, 1.807) is 6.92 Å². The maximum Gasteiger partial charge on any atom is 0.254 e. The Labute approximate surface area is 96.8 Å². The summed E-state index contributed by atoms with van der Waals surface area (Å²) in [6, 6.07) is 1.40. The number of hydrogen-bond donors (Lipinski definition) is 1. The van der Waals surface area contributed by atoms with Gasteiger partial charge in [-0.2, -0.15) is 0 Å². The minimum atomic E-state index is -0.572. The van der Waals surface area contributed by atoms with Gasteiger partial charge in [0.1, 0.15) is 17.1 Å². The SMILES string of the molecule is COC(C)C(=O)Nc1cc(Cl)nc(Cl)n1. The monoisotopic (exact) mass is 249 g/mol. The smallest absolute Gasteiger partial charge is 0.254 e. The predicted octanol–water partition coefficient (Wildman–Crippen LogP) is 1.76. The fraction of sp³-hybridized carbons (Fsp3) is 0.375. The first-order chi connectivity index (χ1) is 7.02. The number of nitrogens with zero attached hydrogens (tertiary/aromatic N) is 2. The number of nitrogens with one attached hydrogen (secondary N) is 1. The third-order valence-electron chi connectivity index (χ3n) is 1.64. The Kier molecular flexibility index (Phi) is 4.26. The summed E-state index contributed by atoms with van der Waals surface area (Å²) in [5.74, 6) is -0.0859. The Morgan fingerprint density at radius 1 is 1.53 bits per heavy atom. The second-order valence-corrected chi connectivity index (χ2v) is 3.44. The van der Waals surface area contributed by atoms with Crippen LogP contribution in [0.1, 0.15) is 6.92 Å². The molecule has 15 heavy (non-hydrogen) atoms. The molecule has 0 radical (unpaired) electrons. The molecule has 0 spiro atoms. The molecule has 1 heterocycles. The zero-order valence-electron chi connectivity index (χ0n) is 8.12. The first-order valence-electron chi connectivity index (χ1n) is 4.06. The van der Waals surface area contributed by atoms with Crippen LogP contribution in [-0.4, -0.2) is 29.1 Å². The zero-order valence-corrected chi connectivity index (χ0v) is 9.63. The molecule has 1 atom stereocenters. The van der Waals surface area contributed by atoms with Crippen LogP contribution in [-0.2, 0) is 9.53 Å². The van der Waals surface area contributed by atoms with Gasteiger partial charge in [0.05, 0.1) is 0 Å². The van der Waals surface area contributed by atoms with E-state index in [1.807, 2.05) is 0 Å². The topological polar surface area (TPSA) is 64.1 Å². The summed E-state index contributed by atoms with van der Waals surface area (Å²) in [5.41, 5.74) is 0.